The molecule has 0 spiro atoms. The number of anilines is 1. The summed E-state index contributed by atoms with van der Waals surface area (Å²) in [6.45, 7) is 8.11. The van der Waals surface area contributed by atoms with E-state index in [2.05, 4.69) is 10.2 Å². The SMILES string of the molecule is Cc1cccc(C)c1N=Nc1ccc(N)c(C)c1C. The van der Waals surface area contributed by atoms with Gasteiger partial charge in [-0.05, 0) is 62.1 Å². The first-order chi connectivity index (χ1) is 9.00. The lowest BCUT2D eigenvalue weighted by atomic mass is 10.1. The molecule has 0 aliphatic carbocycles. The van der Waals surface area contributed by atoms with E-state index in [0.29, 0.717) is 0 Å². The van der Waals surface area contributed by atoms with E-state index >= 15 is 0 Å². The van der Waals surface area contributed by atoms with Crippen LogP contribution >= 0.6 is 0 Å². The first-order valence-electron chi connectivity index (χ1n) is 6.34. The zero-order valence-corrected chi connectivity index (χ0v) is 11.9. The topological polar surface area (TPSA) is 50.7 Å². The largest absolute Gasteiger partial charge is 0.399 e. The van der Waals surface area contributed by atoms with Gasteiger partial charge in [-0.25, -0.2) is 0 Å². The van der Waals surface area contributed by atoms with Gasteiger partial charge in [-0.2, -0.15) is 10.2 Å². The van der Waals surface area contributed by atoms with Crippen LogP contribution in [0.15, 0.2) is 40.6 Å². The highest BCUT2D eigenvalue weighted by molar-refractivity contribution is 5.60. The van der Waals surface area contributed by atoms with Crippen molar-refractivity contribution in [3.8, 4) is 0 Å². The third-order valence-electron chi connectivity index (χ3n) is 3.50. The van der Waals surface area contributed by atoms with E-state index in [1.165, 1.54) is 0 Å². The van der Waals surface area contributed by atoms with Crippen molar-refractivity contribution in [3.63, 3.8) is 0 Å². The minimum atomic E-state index is 0.795. The maximum Gasteiger partial charge on any atom is 0.0915 e. The molecule has 2 N–H and O–H groups in total. The number of nitrogen functional groups attached to an aromatic ring is 1. The van der Waals surface area contributed by atoms with E-state index in [1.54, 1.807) is 0 Å². The molecule has 2 rings (SSSR count). The van der Waals surface area contributed by atoms with Crippen LogP contribution in [0.2, 0.25) is 0 Å². The summed E-state index contributed by atoms with van der Waals surface area (Å²) in [6.07, 6.45) is 0. The Kier molecular flexibility index (Phi) is 3.65. The lowest BCUT2D eigenvalue weighted by Crippen LogP contribution is -1.91. The van der Waals surface area contributed by atoms with E-state index in [4.69, 9.17) is 5.73 Å². The third kappa shape index (κ3) is 2.65. The fraction of sp³-hybridized carbons (Fsp3) is 0.250. The molecule has 0 atom stereocenters. The van der Waals surface area contributed by atoms with Gasteiger partial charge in [0, 0.05) is 5.69 Å². The van der Waals surface area contributed by atoms with Gasteiger partial charge in [-0.3, -0.25) is 0 Å². The number of benzene rings is 2. The molecule has 0 bridgehead atoms. The molecule has 0 saturated heterocycles. The molecule has 0 amide bonds. The highest BCUT2D eigenvalue weighted by Gasteiger charge is 2.04. The van der Waals surface area contributed by atoms with Gasteiger partial charge in [0.15, 0.2) is 0 Å². The number of hydrogen-bond donors (Lipinski definition) is 1. The molecule has 3 nitrogen and oxygen atoms in total. The summed E-state index contributed by atoms with van der Waals surface area (Å²) in [5.74, 6) is 0. The highest BCUT2D eigenvalue weighted by atomic mass is 15.1. The normalized spacial score (nSPS) is 11.2. The monoisotopic (exact) mass is 253 g/mol. The van der Waals surface area contributed by atoms with Gasteiger partial charge in [0.2, 0.25) is 0 Å². The average Bonchev–Trinajstić information content (AvgIpc) is 2.38. The molecule has 0 saturated carbocycles. The van der Waals surface area contributed by atoms with Gasteiger partial charge >= 0.3 is 0 Å². The van der Waals surface area contributed by atoms with Crippen LogP contribution in [-0.2, 0) is 0 Å². The molecular formula is C16H19N3. The van der Waals surface area contributed by atoms with E-state index in [1.807, 2.05) is 58.0 Å². The Balaban J connectivity index is 2.41. The fourth-order valence-corrected chi connectivity index (χ4v) is 2.00. The Hall–Kier alpha value is -2.16. The quantitative estimate of drug-likeness (QED) is 0.599. The highest BCUT2D eigenvalue weighted by Crippen LogP contribution is 2.29. The average molecular weight is 253 g/mol. The fourth-order valence-electron chi connectivity index (χ4n) is 2.00. The van der Waals surface area contributed by atoms with Crippen LogP contribution in [-0.4, -0.2) is 0 Å². The van der Waals surface area contributed by atoms with E-state index in [9.17, 15) is 0 Å². The van der Waals surface area contributed by atoms with Crippen LogP contribution in [0.1, 0.15) is 22.3 Å². The molecule has 0 aliphatic heterocycles. The summed E-state index contributed by atoms with van der Waals surface area (Å²) in [5, 5.41) is 8.76. The maximum absolute atomic E-state index is 5.87. The lowest BCUT2D eigenvalue weighted by molar-refractivity contribution is 1.16. The second kappa shape index (κ2) is 5.22. The number of rotatable bonds is 2. The molecule has 19 heavy (non-hydrogen) atoms. The number of aryl methyl sites for hydroxylation is 2. The smallest absolute Gasteiger partial charge is 0.0915 e. The predicted octanol–water partition coefficient (Wildman–Crippen LogP) is 4.92. The predicted molar refractivity (Wildman–Crippen MR) is 80.4 cm³/mol. The van der Waals surface area contributed by atoms with Crippen molar-refractivity contribution in [1.82, 2.24) is 0 Å². The van der Waals surface area contributed by atoms with Gasteiger partial charge in [0.1, 0.15) is 0 Å². The summed E-state index contributed by atoms with van der Waals surface area (Å²) < 4.78 is 0. The van der Waals surface area contributed by atoms with Gasteiger partial charge in [-0.15, -0.1) is 0 Å². The Labute approximate surface area is 114 Å². The van der Waals surface area contributed by atoms with Crippen LogP contribution < -0.4 is 5.73 Å². The first kappa shape index (κ1) is 13.3. The molecule has 0 aliphatic rings. The van der Waals surface area contributed by atoms with Crippen molar-refractivity contribution in [2.45, 2.75) is 27.7 Å². The van der Waals surface area contributed by atoms with E-state index in [-0.39, 0.29) is 0 Å². The molecule has 0 unspecified atom stereocenters. The van der Waals surface area contributed by atoms with Crippen molar-refractivity contribution in [2.24, 2.45) is 10.2 Å². The molecule has 0 heterocycles. The summed E-state index contributed by atoms with van der Waals surface area (Å²) >= 11 is 0. The van der Waals surface area contributed by atoms with Gasteiger partial charge in [0.25, 0.3) is 0 Å². The second-order valence-electron chi connectivity index (χ2n) is 4.86. The second-order valence-corrected chi connectivity index (χ2v) is 4.86. The van der Waals surface area contributed by atoms with Crippen molar-refractivity contribution >= 4 is 17.1 Å². The number of hydrogen-bond acceptors (Lipinski definition) is 3. The maximum atomic E-state index is 5.87. The number of nitrogens with two attached hydrogens (primary N) is 1. The molecule has 3 heteroatoms. The molecule has 0 fully saturated rings. The van der Waals surface area contributed by atoms with E-state index < -0.39 is 0 Å². The van der Waals surface area contributed by atoms with E-state index in [0.717, 1.165) is 39.3 Å². The van der Waals surface area contributed by atoms with Crippen LogP contribution in [0.25, 0.3) is 0 Å². The lowest BCUT2D eigenvalue weighted by Gasteiger charge is -2.07. The van der Waals surface area contributed by atoms with Crippen LogP contribution in [0.4, 0.5) is 17.1 Å². The zero-order chi connectivity index (χ0) is 14.0. The van der Waals surface area contributed by atoms with Crippen LogP contribution in [0.5, 0.6) is 0 Å². The van der Waals surface area contributed by atoms with Gasteiger partial charge in [0.05, 0.1) is 11.4 Å². The molecular weight excluding hydrogens is 234 g/mol. The molecule has 0 radical (unpaired) electrons. The molecule has 2 aromatic carbocycles. The zero-order valence-electron chi connectivity index (χ0n) is 11.9. The van der Waals surface area contributed by atoms with Crippen molar-refractivity contribution in [2.75, 3.05) is 5.73 Å². The molecule has 98 valence electrons. The third-order valence-corrected chi connectivity index (χ3v) is 3.50. The van der Waals surface area contributed by atoms with Gasteiger partial charge < -0.3 is 5.73 Å². The molecule has 0 aromatic heterocycles. The Bertz CT molecular complexity index is 622. The number of nitrogens with zero attached hydrogens (tertiary/aromatic N) is 2. The first-order valence-corrected chi connectivity index (χ1v) is 6.34. The summed E-state index contributed by atoms with van der Waals surface area (Å²) in [4.78, 5) is 0. The Morgan fingerprint density at radius 2 is 1.42 bits per heavy atom. The number of azo groups is 1. The van der Waals surface area contributed by atoms with Crippen molar-refractivity contribution in [3.05, 3.63) is 52.6 Å². The van der Waals surface area contributed by atoms with Crippen LogP contribution in [0.3, 0.4) is 0 Å². The van der Waals surface area contributed by atoms with Crippen molar-refractivity contribution in [1.29, 1.82) is 0 Å². The van der Waals surface area contributed by atoms with Crippen molar-refractivity contribution < 1.29 is 0 Å². The minimum absolute atomic E-state index is 0.795. The van der Waals surface area contributed by atoms with Crippen LogP contribution in [0, 0.1) is 27.7 Å². The Morgan fingerprint density at radius 1 is 0.789 bits per heavy atom. The molecule has 2 aromatic rings. The Morgan fingerprint density at radius 3 is 2.05 bits per heavy atom. The summed E-state index contributed by atoms with van der Waals surface area (Å²) in [7, 11) is 0. The van der Waals surface area contributed by atoms with Gasteiger partial charge in [-0.1, -0.05) is 18.2 Å². The minimum Gasteiger partial charge on any atom is -0.399 e. The standard InChI is InChI=1S/C16H19N3/c1-10-6-5-7-11(2)16(10)19-18-15-9-8-14(17)12(3)13(15)4/h5-9H,17H2,1-4H3. The summed E-state index contributed by atoms with van der Waals surface area (Å²) in [5.41, 5.74) is 12.9. The summed E-state index contributed by atoms with van der Waals surface area (Å²) in [6, 6.07) is 9.91.